The van der Waals surface area contributed by atoms with Gasteiger partial charge in [-0.25, -0.2) is 4.79 Å². The van der Waals surface area contributed by atoms with Crippen LogP contribution in [0.4, 0.5) is 5.69 Å². The number of halogens is 1. The number of esters is 1. The normalized spacial score (nSPS) is 18.9. The lowest BCUT2D eigenvalue weighted by Gasteiger charge is -2.33. The molecule has 0 aliphatic carbocycles. The third-order valence-corrected chi connectivity index (χ3v) is 4.53. The third-order valence-electron chi connectivity index (χ3n) is 4.04. The van der Waals surface area contributed by atoms with Crippen LogP contribution in [0.3, 0.4) is 0 Å². The third kappa shape index (κ3) is 3.69. The molecule has 1 N–H and O–H groups in total. The molecule has 0 saturated heterocycles. The average molecular weight is 404 g/mol. The van der Waals surface area contributed by atoms with Gasteiger partial charge in [-0.1, -0.05) is 15.9 Å². The van der Waals surface area contributed by atoms with Crippen molar-refractivity contribution in [2.24, 2.45) is 0 Å². The van der Waals surface area contributed by atoms with Crippen LogP contribution >= 0.6 is 15.9 Å². The van der Waals surface area contributed by atoms with Gasteiger partial charge in [0.05, 0.1) is 12.2 Å². The maximum Gasteiger partial charge on any atom is 0.339 e. The zero-order valence-corrected chi connectivity index (χ0v) is 15.6. The van der Waals surface area contributed by atoms with E-state index < -0.39 is 11.6 Å². The molecule has 2 aromatic carbocycles. The lowest BCUT2D eigenvalue weighted by molar-refractivity contribution is -0.134. The van der Waals surface area contributed by atoms with Crippen LogP contribution in [-0.4, -0.2) is 24.1 Å². The molecule has 0 bridgehead atoms. The van der Waals surface area contributed by atoms with E-state index >= 15 is 0 Å². The molecule has 130 valence electrons. The Morgan fingerprint density at radius 3 is 2.68 bits per heavy atom. The number of ether oxygens (including phenoxy) is 2. The summed E-state index contributed by atoms with van der Waals surface area (Å²) in [7, 11) is 0. The molecule has 1 amide bonds. The zero-order valence-electron chi connectivity index (χ0n) is 14.0. The molecule has 25 heavy (non-hydrogen) atoms. The number of hydrogen-bond donors (Lipinski definition) is 1. The number of cyclic esters (lactones) is 1. The first kappa shape index (κ1) is 17.5. The highest BCUT2D eigenvalue weighted by atomic mass is 79.9. The Morgan fingerprint density at radius 1 is 1.28 bits per heavy atom. The molecule has 1 heterocycles. The van der Waals surface area contributed by atoms with Crippen LogP contribution < -0.4 is 10.1 Å². The molecule has 2 aromatic rings. The lowest BCUT2D eigenvalue weighted by atomic mass is 9.89. The van der Waals surface area contributed by atoms with E-state index in [2.05, 4.69) is 21.2 Å². The summed E-state index contributed by atoms with van der Waals surface area (Å²) in [4.78, 5) is 25.0. The van der Waals surface area contributed by atoms with Gasteiger partial charge in [0.15, 0.2) is 5.60 Å². The second-order valence-corrected chi connectivity index (χ2v) is 6.93. The van der Waals surface area contributed by atoms with Gasteiger partial charge in [0.25, 0.3) is 5.91 Å². The van der Waals surface area contributed by atoms with Crippen molar-refractivity contribution in [2.45, 2.75) is 25.9 Å². The molecule has 1 atom stereocenters. The molecule has 1 unspecified atom stereocenters. The predicted molar refractivity (Wildman–Crippen MR) is 97.9 cm³/mol. The Bertz CT molecular complexity index is 819. The number of hydrogen-bond acceptors (Lipinski definition) is 4. The molecule has 0 radical (unpaired) electrons. The summed E-state index contributed by atoms with van der Waals surface area (Å²) in [6, 6.07) is 12.4. The minimum Gasteiger partial charge on any atom is -0.494 e. The van der Waals surface area contributed by atoms with Crippen LogP contribution in [0.1, 0.15) is 29.8 Å². The number of rotatable bonds is 4. The fourth-order valence-corrected chi connectivity index (χ4v) is 3.17. The van der Waals surface area contributed by atoms with Crippen LogP contribution in [0.5, 0.6) is 5.75 Å². The number of amides is 1. The second-order valence-electron chi connectivity index (χ2n) is 6.01. The Kier molecular flexibility index (Phi) is 4.81. The lowest BCUT2D eigenvalue weighted by Crippen LogP contribution is -2.48. The van der Waals surface area contributed by atoms with Gasteiger partial charge in [-0.3, -0.25) is 4.79 Å². The molecule has 6 heteroatoms. The Labute approximate surface area is 154 Å². The van der Waals surface area contributed by atoms with E-state index in [1.54, 1.807) is 43.3 Å². The van der Waals surface area contributed by atoms with E-state index in [4.69, 9.17) is 9.47 Å². The molecule has 5 nitrogen and oxygen atoms in total. The van der Waals surface area contributed by atoms with E-state index in [9.17, 15) is 9.59 Å². The monoisotopic (exact) mass is 403 g/mol. The van der Waals surface area contributed by atoms with Gasteiger partial charge in [0.1, 0.15) is 5.75 Å². The molecule has 1 aliphatic heterocycles. The van der Waals surface area contributed by atoms with Gasteiger partial charge < -0.3 is 14.8 Å². The van der Waals surface area contributed by atoms with Gasteiger partial charge in [-0.2, -0.15) is 0 Å². The zero-order chi connectivity index (χ0) is 18.0. The topological polar surface area (TPSA) is 64.6 Å². The molecule has 0 aromatic heterocycles. The van der Waals surface area contributed by atoms with E-state index in [0.29, 0.717) is 24.3 Å². The largest absolute Gasteiger partial charge is 0.494 e. The number of carbonyl (C=O) groups is 2. The SMILES string of the molecule is CCOc1ccc(NC(=O)C2(C)Cc3cc(Br)ccc3C(=O)O2)cc1. The van der Waals surface area contributed by atoms with E-state index in [-0.39, 0.29) is 5.91 Å². The van der Waals surface area contributed by atoms with E-state index in [1.807, 2.05) is 13.0 Å². The van der Waals surface area contributed by atoms with Crippen molar-refractivity contribution in [1.29, 1.82) is 0 Å². The van der Waals surface area contributed by atoms with Crippen molar-refractivity contribution >= 4 is 33.5 Å². The maximum absolute atomic E-state index is 12.7. The van der Waals surface area contributed by atoms with E-state index in [0.717, 1.165) is 15.8 Å². The predicted octanol–water partition coefficient (Wildman–Crippen LogP) is 3.96. The highest BCUT2D eigenvalue weighted by Gasteiger charge is 2.42. The number of nitrogens with one attached hydrogen (secondary N) is 1. The molecular weight excluding hydrogens is 386 g/mol. The van der Waals surface area contributed by atoms with Crippen LogP contribution in [0.15, 0.2) is 46.9 Å². The molecule has 1 aliphatic rings. The highest BCUT2D eigenvalue weighted by molar-refractivity contribution is 9.10. The average Bonchev–Trinajstić information content (AvgIpc) is 2.56. The summed E-state index contributed by atoms with van der Waals surface area (Å²) in [5.74, 6) is -0.122. The molecule has 3 rings (SSSR count). The summed E-state index contributed by atoms with van der Waals surface area (Å²) in [6.45, 7) is 4.11. The smallest absolute Gasteiger partial charge is 0.339 e. The Hall–Kier alpha value is -2.34. The maximum atomic E-state index is 12.7. The molecule has 0 spiro atoms. The molecule has 0 fully saturated rings. The van der Waals surface area contributed by atoms with Crippen molar-refractivity contribution in [3.63, 3.8) is 0 Å². The van der Waals surface area contributed by atoms with Gasteiger partial charge >= 0.3 is 5.97 Å². The fraction of sp³-hybridized carbons (Fsp3) is 0.263. The Morgan fingerprint density at radius 2 is 2.00 bits per heavy atom. The first-order valence-corrected chi connectivity index (χ1v) is 8.76. The highest BCUT2D eigenvalue weighted by Crippen LogP contribution is 2.31. The fourth-order valence-electron chi connectivity index (χ4n) is 2.76. The summed E-state index contributed by atoms with van der Waals surface area (Å²) in [5, 5.41) is 2.80. The number of carbonyl (C=O) groups excluding carboxylic acids is 2. The number of benzene rings is 2. The quantitative estimate of drug-likeness (QED) is 0.784. The van der Waals surface area contributed by atoms with Crippen LogP contribution in [0.25, 0.3) is 0 Å². The van der Waals surface area contributed by atoms with Crippen molar-refractivity contribution in [1.82, 2.24) is 0 Å². The van der Waals surface area contributed by atoms with E-state index in [1.165, 1.54) is 0 Å². The minimum atomic E-state index is -1.26. The van der Waals surface area contributed by atoms with Crippen molar-refractivity contribution < 1.29 is 19.1 Å². The first-order valence-electron chi connectivity index (χ1n) is 7.97. The van der Waals surface area contributed by atoms with Crippen LogP contribution in [0, 0.1) is 0 Å². The van der Waals surface area contributed by atoms with Crippen molar-refractivity contribution in [2.75, 3.05) is 11.9 Å². The molecular formula is C19H18BrNO4. The summed E-state index contributed by atoms with van der Waals surface area (Å²) in [5.41, 5.74) is 0.638. The number of fused-ring (bicyclic) bond motifs is 1. The minimum absolute atomic E-state index is 0.316. The summed E-state index contributed by atoms with van der Waals surface area (Å²) < 4.78 is 11.7. The standard InChI is InChI=1S/C19H18BrNO4/c1-3-24-15-7-5-14(6-8-15)21-18(23)19(2)11-12-10-13(20)4-9-16(12)17(22)25-19/h4-10H,3,11H2,1-2H3,(H,21,23). The van der Waals surface area contributed by atoms with Gasteiger partial charge in [-0.05, 0) is 61.9 Å². The van der Waals surface area contributed by atoms with Crippen LogP contribution in [0.2, 0.25) is 0 Å². The van der Waals surface area contributed by atoms with Crippen molar-refractivity contribution in [3.8, 4) is 5.75 Å². The van der Waals surface area contributed by atoms with Gasteiger partial charge in [0, 0.05) is 16.6 Å². The second kappa shape index (κ2) is 6.88. The van der Waals surface area contributed by atoms with Gasteiger partial charge in [-0.15, -0.1) is 0 Å². The van der Waals surface area contributed by atoms with Crippen LogP contribution in [-0.2, 0) is 16.0 Å². The first-order chi connectivity index (χ1) is 11.9. The van der Waals surface area contributed by atoms with Crippen molar-refractivity contribution in [3.05, 3.63) is 58.1 Å². The Balaban J connectivity index is 1.78. The summed E-state index contributed by atoms with van der Waals surface area (Å²) >= 11 is 3.39. The summed E-state index contributed by atoms with van der Waals surface area (Å²) in [6.07, 6.45) is 0.316. The number of anilines is 1. The van der Waals surface area contributed by atoms with Gasteiger partial charge in [0.2, 0.25) is 0 Å². The molecule has 0 saturated carbocycles.